The molecule has 0 aromatic carbocycles. The number of alkyl halides is 2. The Bertz CT molecular complexity index is 692. The molecule has 1 fully saturated rings. The van der Waals surface area contributed by atoms with E-state index in [0.717, 1.165) is 30.2 Å². The average Bonchev–Trinajstić information content (AvgIpc) is 2.90. The van der Waals surface area contributed by atoms with Crippen LogP contribution in [0, 0.1) is 6.92 Å². The lowest BCUT2D eigenvalue weighted by Crippen LogP contribution is -2.36. The van der Waals surface area contributed by atoms with Crippen LogP contribution >= 0.6 is 0 Å². The van der Waals surface area contributed by atoms with Crippen molar-refractivity contribution in [3.63, 3.8) is 0 Å². The third kappa shape index (κ3) is 2.80. The normalized spacial score (nSPS) is 16.4. The van der Waals surface area contributed by atoms with Crippen LogP contribution in [-0.2, 0) is 0 Å². The molecule has 0 aliphatic heterocycles. The summed E-state index contributed by atoms with van der Waals surface area (Å²) >= 11 is 0. The molecule has 0 bridgehead atoms. The molecule has 1 aliphatic carbocycles. The van der Waals surface area contributed by atoms with Crippen molar-refractivity contribution in [1.29, 1.82) is 0 Å². The number of nitrogens with zero attached hydrogens (tertiary/aromatic N) is 3. The molecule has 0 saturated heterocycles. The van der Waals surface area contributed by atoms with Gasteiger partial charge >= 0.3 is 0 Å². The van der Waals surface area contributed by atoms with E-state index in [4.69, 9.17) is 0 Å². The van der Waals surface area contributed by atoms with Crippen LogP contribution in [-0.4, -0.2) is 26.5 Å². The Labute approximate surface area is 126 Å². The molecule has 2 aromatic heterocycles. The first-order valence-corrected chi connectivity index (χ1v) is 7.50. The third-order valence-corrected chi connectivity index (χ3v) is 4.04. The number of carbonyl (C=O) groups excluding carboxylic acids is 1. The Morgan fingerprint density at radius 3 is 2.77 bits per heavy atom. The number of carbonyl (C=O) groups is 1. The standard InChI is InChI=1S/C15H18F2N4O/c1-9-7-12(13(16)17)21-14(19-9)11(8-18-21)15(22)20-10-5-3-2-4-6-10/h7-8,10,13H,2-6H2,1H3,(H,20,22). The van der Waals surface area contributed by atoms with Gasteiger partial charge in [0.25, 0.3) is 12.3 Å². The molecule has 2 aromatic rings. The van der Waals surface area contributed by atoms with E-state index in [1.54, 1.807) is 6.92 Å². The summed E-state index contributed by atoms with van der Waals surface area (Å²) in [5.41, 5.74) is 0.619. The number of aromatic nitrogens is 3. The predicted molar refractivity (Wildman–Crippen MR) is 77.0 cm³/mol. The van der Waals surface area contributed by atoms with Gasteiger partial charge in [-0.05, 0) is 25.8 Å². The van der Waals surface area contributed by atoms with Crippen LogP contribution in [0.15, 0.2) is 12.3 Å². The monoisotopic (exact) mass is 308 g/mol. The summed E-state index contributed by atoms with van der Waals surface area (Å²) in [7, 11) is 0. The van der Waals surface area contributed by atoms with Crippen LogP contribution in [0.1, 0.15) is 60.3 Å². The van der Waals surface area contributed by atoms with Crippen molar-refractivity contribution in [2.45, 2.75) is 51.5 Å². The molecule has 7 heteroatoms. The van der Waals surface area contributed by atoms with Crippen molar-refractivity contribution < 1.29 is 13.6 Å². The number of hydrogen-bond acceptors (Lipinski definition) is 3. The smallest absolute Gasteiger partial charge is 0.280 e. The molecule has 0 radical (unpaired) electrons. The van der Waals surface area contributed by atoms with Crippen molar-refractivity contribution in [2.24, 2.45) is 0 Å². The second kappa shape index (κ2) is 5.98. The van der Waals surface area contributed by atoms with Gasteiger partial charge in [0.05, 0.1) is 6.20 Å². The Balaban J connectivity index is 1.92. The number of halogens is 2. The van der Waals surface area contributed by atoms with E-state index in [-0.39, 0.29) is 28.9 Å². The summed E-state index contributed by atoms with van der Waals surface area (Å²) < 4.78 is 27.2. The van der Waals surface area contributed by atoms with Crippen LogP contribution in [0.2, 0.25) is 0 Å². The topological polar surface area (TPSA) is 59.3 Å². The summed E-state index contributed by atoms with van der Waals surface area (Å²) in [4.78, 5) is 16.6. The van der Waals surface area contributed by atoms with Gasteiger partial charge in [0.2, 0.25) is 0 Å². The van der Waals surface area contributed by atoms with Gasteiger partial charge in [-0.25, -0.2) is 18.3 Å². The summed E-state index contributed by atoms with van der Waals surface area (Å²) in [6.07, 6.45) is 3.96. The maximum Gasteiger partial charge on any atom is 0.280 e. The highest BCUT2D eigenvalue weighted by molar-refractivity contribution is 5.99. The lowest BCUT2D eigenvalue weighted by molar-refractivity contribution is 0.0929. The first-order chi connectivity index (χ1) is 10.6. The fraction of sp³-hybridized carbons (Fsp3) is 0.533. The first kappa shape index (κ1) is 14.9. The van der Waals surface area contributed by atoms with Crippen LogP contribution < -0.4 is 5.32 Å². The van der Waals surface area contributed by atoms with Crippen LogP contribution in [0.4, 0.5) is 8.78 Å². The summed E-state index contributed by atoms with van der Waals surface area (Å²) in [5.74, 6) is -0.291. The number of hydrogen-bond donors (Lipinski definition) is 1. The average molecular weight is 308 g/mol. The first-order valence-electron chi connectivity index (χ1n) is 7.50. The second-order valence-electron chi connectivity index (χ2n) is 5.73. The molecule has 3 rings (SSSR count). The molecule has 118 valence electrons. The molecule has 2 heterocycles. The van der Waals surface area contributed by atoms with Gasteiger partial charge in [0.15, 0.2) is 5.65 Å². The molecule has 5 nitrogen and oxygen atoms in total. The van der Waals surface area contributed by atoms with Crippen molar-refractivity contribution in [2.75, 3.05) is 0 Å². The number of rotatable bonds is 3. The predicted octanol–water partition coefficient (Wildman–Crippen LogP) is 3.04. The minimum Gasteiger partial charge on any atom is -0.349 e. The Morgan fingerprint density at radius 1 is 1.36 bits per heavy atom. The highest BCUT2D eigenvalue weighted by atomic mass is 19.3. The van der Waals surface area contributed by atoms with E-state index in [9.17, 15) is 13.6 Å². The number of fused-ring (bicyclic) bond motifs is 1. The third-order valence-electron chi connectivity index (χ3n) is 4.04. The van der Waals surface area contributed by atoms with E-state index in [2.05, 4.69) is 15.4 Å². The van der Waals surface area contributed by atoms with Gasteiger partial charge in [0.1, 0.15) is 11.3 Å². The summed E-state index contributed by atoms with van der Waals surface area (Å²) in [6.45, 7) is 1.63. The minimum absolute atomic E-state index is 0.149. The molecular weight excluding hydrogens is 290 g/mol. The maximum atomic E-state index is 13.1. The minimum atomic E-state index is -2.67. The van der Waals surface area contributed by atoms with Gasteiger partial charge in [0, 0.05) is 11.7 Å². The van der Waals surface area contributed by atoms with Gasteiger partial charge in [-0.2, -0.15) is 5.10 Å². The van der Waals surface area contributed by atoms with Gasteiger partial charge in [-0.15, -0.1) is 0 Å². The maximum absolute atomic E-state index is 13.1. The van der Waals surface area contributed by atoms with E-state index in [1.807, 2.05) is 0 Å². The van der Waals surface area contributed by atoms with Crippen LogP contribution in [0.25, 0.3) is 5.65 Å². The lowest BCUT2D eigenvalue weighted by Gasteiger charge is -2.22. The van der Waals surface area contributed by atoms with Crippen molar-refractivity contribution in [3.8, 4) is 0 Å². The molecule has 1 saturated carbocycles. The molecule has 0 spiro atoms. The molecule has 1 aliphatic rings. The fourth-order valence-corrected chi connectivity index (χ4v) is 2.94. The highest BCUT2D eigenvalue weighted by Crippen LogP contribution is 2.22. The molecule has 22 heavy (non-hydrogen) atoms. The van der Waals surface area contributed by atoms with E-state index < -0.39 is 6.43 Å². The quantitative estimate of drug-likeness (QED) is 0.948. The van der Waals surface area contributed by atoms with Crippen LogP contribution in [0.3, 0.4) is 0 Å². The Kier molecular flexibility index (Phi) is 4.04. The molecule has 1 amide bonds. The summed E-state index contributed by atoms with van der Waals surface area (Å²) in [6, 6.07) is 1.43. The lowest BCUT2D eigenvalue weighted by atomic mass is 9.95. The van der Waals surface area contributed by atoms with E-state index >= 15 is 0 Å². The van der Waals surface area contributed by atoms with E-state index in [0.29, 0.717) is 5.69 Å². The van der Waals surface area contributed by atoms with E-state index in [1.165, 1.54) is 18.7 Å². The zero-order valence-electron chi connectivity index (χ0n) is 12.4. The van der Waals surface area contributed by atoms with Gasteiger partial charge in [-0.3, -0.25) is 4.79 Å². The van der Waals surface area contributed by atoms with Gasteiger partial charge in [-0.1, -0.05) is 19.3 Å². The Hall–Kier alpha value is -2.05. The molecule has 0 unspecified atom stereocenters. The zero-order valence-corrected chi connectivity index (χ0v) is 12.4. The van der Waals surface area contributed by atoms with Crippen LogP contribution in [0.5, 0.6) is 0 Å². The summed E-state index contributed by atoms with van der Waals surface area (Å²) in [5, 5.41) is 6.87. The highest BCUT2D eigenvalue weighted by Gasteiger charge is 2.22. The zero-order chi connectivity index (χ0) is 15.7. The van der Waals surface area contributed by atoms with Crippen molar-refractivity contribution in [3.05, 3.63) is 29.2 Å². The number of aryl methyl sites for hydroxylation is 1. The van der Waals surface area contributed by atoms with Crippen molar-refractivity contribution >= 4 is 11.6 Å². The second-order valence-corrected chi connectivity index (χ2v) is 5.73. The number of nitrogens with one attached hydrogen (secondary N) is 1. The molecule has 0 atom stereocenters. The molecule has 1 N–H and O–H groups in total. The largest absolute Gasteiger partial charge is 0.349 e. The fourth-order valence-electron chi connectivity index (χ4n) is 2.94. The SMILES string of the molecule is Cc1cc(C(F)F)n2ncc(C(=O)NC3CCCCC3)c2n1. The van der Waals surface area contributed by atoms with Crippen molar-refractivity contribution in [1.82, 2.24) is 19.9 Å². The number of amides is 1. The van der Waals surface area contributed by atoms with Gasteiger partial charge < -0.3 is 5.32 Å². The molecular formula is C15H18F2N4O. The Morgan fingerprint density at radius 2 is 2.09 bits per heavy atom.